The summed E-state index contributed by atoms with van der Waals surface area (Å²) < 4.78 is 11.3. The molecule has 6 heteroatoms. The van der Waals surface area contributed by atoms with E-state index in [1.807, 2.05) is 37.2 Å². The van der Waals surface area contributed by atoms with E-state index in [0.29, 0.717) is 25.3 Å². The number of aryl methyl sites for hydroxylation is 3. The first-order valence-corrected chi connectivity index (χ1v) is 9.43. The minimum Gasteiger partial charge on any atom is -0.468 e. The van der Waals surface area contributed by atoms with Crippen molar-refractivity contribution in [2.24, 2.45) is 0 Å². The van der Waals surface area contributed by atoms with Crippen molar-refractivity contribution in [3.63, 3.8) is 0 Å². The molecule has 0 unspecified atom stereocenters. The molecule has 2 aromatic heterocycles. The van der Waals surface area contributed by atoms with Crippen LogP contribution < -0.4 is 5.32 Å². The zero-order chi connectivity index (χ0) is 20.1. The Morgan fingerprint density at radius 1 is 1.21 bits per heavy atom. The first kappa shape index (κ1) is 19.9. The number of oxazole rings is 1. The Kier molecular flexibility index (Phi) is 6.31. The first-order valence-electron chi connectivity index (χ1n) is 9.43. The van der Waals surface area contributed by atoms with Crippen molar-refractivity contribution >= 4 is 5.91 Å². The predicted octanol–water partition coefficient (Wildman–Crippen LogP) is 3.90. The van der Waals surface area contributed by atoms with E-state index in [4.69, 9.17) is 8.83 Å². The molecular weight excluding hydrogens is 354 g/mol. The first-order chi connectivity index (χ1) is 13.4. The highest BCUT2D eigenvalue weighted by atomic mass is 16.4. The monoisotopic (exact) mass is 381 g/mol. The summed E-state index contributed by atoms with van der Waals surface area (Å²) in [5, 5.41) is 2.96. The van der Waals surface area contributed by atoms with E-state index in [-0.39, 0.29) is 11.9 Å². The molecule has 0 aliphatic carbocycles. The molecule has 2 heterocycles. The van der Waals surface area contributed by atoms with Crippen LogP contribution in [0.5, 0.6) is 0 Å². The number of hydrogen-bond donors (Lipinski definition) is 1. The third-order valence-corrected chi connectivity index (χ3v) is 4.90. The van der Waals surface area contributed by atoms with Gasteiger partial charge in [0.25, 0.3) is 0 Å². The topological polar surface area (TPSA) is 71.5 Å². The summed E-state index contributed by atoms with van der Waals surface area (Å²) in [4.78, 5) is 18.6. The third-order valence-electron chi connectivity index (χ3n) is 4.90. The highest BCUT2D eigenvalue weighted by Gasteiger charge is 2.18. The molecular formula is C22H27N3O3. The van der Waals surface area contributed by atoms with E-state index in [2.05, 4.69) is 36.3 Å². The van der Waals surface area contributed by atoms with E-state index >= 15 is 0 Å². The molecule has 3 rings (SSSR count). The Labute approximate surface area is 165 Å². The molecule has 1 N–H and O–H groups in total. The van der Waals surface area contributed by atoms with E-state index < -0.39 is 0 Å². The molecule has 1 atom stereocenters. The standard InChI is InChI=1S/C22H27N3O3/c1-15-7-8-17(12-16(15)2)20-14-24-22(28-20)10-9-21(26)23-13-18(25(3)4)19-6-5-11-27-19/h5-8,11-12,14,18H,9-10,13H2,1-4H3,(H,23,26)/t18-/m1/s1. The number of furan rings is 1. The Balaban J connectivity index is 1.52. The van der Waals surface area contributed by atoms with Gasteiger partial charge in [0.15, 0.2) is 11.7 Å². The van der Waals surface area contributed by atoms with Crippen molar-refractivity contribution in [2.75, 3.05) is 20.6 Å². The summed E-state index contributed by atoms with van der Waals surface area (Å²) in [6, 6.07) is 9.94. The van der Waals surface area contributed by atoms with E-state index in [1.165, 1.54) is 11.1 Å². The number of nitrogens with one attached hydrogen (secondary N) is 1. The van der Waals surface area contributed by atoms with Gasteiger partial charge in [0.05, 0.1) is 18.5 Å². The number of amides is 1. The Hall–Kier alpha value is -2.86. The number of carbonyl (C=O) groups is 1. The molecule has 0 fully saturated rings. The number of rotatable bonds is 8. The maximum atomic E-state index is 12.2. The van der Waals surface area contributed by atoms with Crippen LogP contribution in [-0.4, -0.2) is 36.4 Å². The van der Waals surface area contributed by atoms with Gasteiger partial charge in [-0.15, -0.1) is 0 Å². The molecule has 0 aliphatic heterocycles. The van der Waals surface area contributed by atoms with Crippen LogP contribution in [0.15, 0.2) is 51.6 Å². The number of carbonyl (C=O) groups excluding carboxylic acids is 1. The fourth-order valence-electron chi connectivity index (χ4n) is 2.99. The Morgan fingerprint density at radius 2 is 2.04 bits per heavy atom. The van der Waals surface area contributed by atoms with Crippen molar-refractivity contribution in [3.8, 4) is 11.3 Å². The molecule has 0 saturated heterocycles. The highest BCUT2D eigenvalue weighted by Crippen LogP contribution is 2.23. The summed E-state index contributed by atoms with van der Waals surface area (Å²) in [7, 11) is 3.92. The van der Waals surface area contributed by atoms with Crippen molar-refractivity contribution in [3.05, 3.63) is 65.6 Å². The fraction of sp³-hybridized carbons (Fsp3) is 0.364. The van der Waals surface area contributed by atoms with Gasteiger partial charge in [-0.2, -0.15) is 0 Å². The van der Waals surface area contributed by atoms with Crippen LogP contribution >= 0.6 is 0 Å². The molecule has 0 saturated carbocycles. The molecule has 0 aliphatic rings. The predicted molar refractivity (Wildman–Crippen MR) is 108 cm³/mol. The number of hydrogen-bond acceptors (Lipinski definition) is 5. The molecule has 1 aromatic carbocycles. The lowest BCUT2D eigenvalue weighted by atomic mass is 10.1. The maximum Gasteiger partial charge on any atom is 0.220 e. The number of benzene rings is 1. The zero-order valence-corrected chi connectivity index (χ0v) is 16.9. The molecule has 0 spiro atoms. The van der Waals surface area contributed by atoms with Gasteiger partial charge < -0.3 is 14.2 Å². The maximum absolute atomic E-state index is 12.2. The van der Waals surface area contributed by atoms with E-state index in [1.54, 1.807) is 12.5 Å². The van der Waals surface area contributed by atoms with Gasteiger partial charge in [-0.3, -0.25) is 9.69 Å². The SMILES string of the molecule is Cc1ccc(-c2cnc(CCC(=O)NC[C@H](c3ccco3)N(C)C)o2)cc1C. The van der Waals surface area contributed by atoms with Gasteiger partial charge >= 0.3 is 0 Å². The second-order valence-electron chi connectivity index (χ2n) is 7.22. The van der Waals surface area contributed by atoms with E-state index in [0.717, 1.165) is 17.1 Å². The summed E-state index contributed by atoms with van der Waals surface area (Å²) in [5.74, 6) is 2.09. The van der Waals surface area contributed by atoms with Crippen molar-refractivity contribution < 1.29 is 13.6 Å². The largest absolute Gasteiger partial charge is 0.468 e. The third kappa shape index (κ3) is 4.89. The van der Waals surface area contributed by atoms with Gasteiger partial charge in [0.2, 0.25) is 5.91 Å². The lowest BCUT2D eigenvalue weighted by Gasteiger charge is -2.22. The average Bonchev–Trinajstić information content (AvgIpc) is 3.34. The molecule has 28 heavy (non-hydrogen) atoms. The lowest BCUT2D eigenvalue weighted by molar-refractivity contribution is -0.121. The van der Waals surface area contributed by atoms with Crippen LogP contribution in [0.3, 0.4) is 0 Å². The molecule has 3 aromatic rings. The molecule has 148 valence electrons. The van der Waals surface area contributed by atoms with Crippen molar-refractivity contribution in [1.82, 2.24) is 15.2 Å². The van der Waals surface area contributed by atoms with Crippen LogP contribution in [-0.2, 0) is 11.2 Å². The average molecular weight is 381 g/mol. The summed E-state index contributed by atoms with van der Waals surface area (Å²) in [6.45, 7) is 4.64. The second-order valence-corrected chi connectivity index (χ2v) is 7.22. The van der Waals surface area contributed by atoms with Gasteiger partial charge in [0, 0.05) is 24.9 Å². The van der Waals surface area contributed by atoms with Crippen molar-refractivity contribution in [2.45, 2.75) is 32.7 Å². The molecule has 1 amide bonds. The van der Waals surface area contributed by atoms with Gasteiger partial charge in [-0.1, -0.05) is 12.1 Å². The van der Waals surface area contributed by atoms with Crippen LogP contribution in [0.25, 0.3) is 11.3 Å². The van der Waals surface area contributed by atoms with Gasteiger partial charge in [-0.05, 0) is 57.3 Å². The highest BCUT2D eigenvalue weighted by molar-refractivity contribution is 5.76. The minimum absolute atomic E-state index is 0.00272. The molecule has 6 nitrogen and oxygen atoms in total. The Bertz CT molecular complexity index is 913. The Morgan fingerprint density at radius 3 is 2.71 bits per heavy atom. The zero-order valence-electron chi connectivity index (χ0n) is 16.9. The summed E-state index contributed by atoms with van der Waals surface area (Å²) in [6.07, 6.45) is 4.15. The van der Waals surface area contributed by atoms with Crippen LogP contribution in [0, 0.1) is 13.8 Å². The minimum atomic E-state index is -0.0377. The molecule has 0 radical (unpaired) electrons. The van der Waals surface area contributed by atoms with E-state index in [9.17, 15) is 4.79 Å². The number of nitrogens with zero attached hydrogens (tertiary/aromatic N) is 2. The fourth-order valence-corrected chi connectivity index (χ4v) is 2.99. The van der Waals surface area contributed by atoms with Crippen molar-refractivity contribution in [1.29, 1.82) is 0 Å². The second kappa shape index (κ2) is 8.89. The van der Waals surface area contributed by atoms with Gasteiger partial charge in [-0.25, -0.2) is 4.98 Å². The number of likely N-dealkylation sites (N-methyl/N-ethyl adjacent to an activating group) is 1. The number of aromatic nitrogens is 1. The summed E-state index contributed by atoms with van der Waals surface area (Å²) >= 11 is 0. The smallest absolute Gasteiger partial charge is 0.220 e. The van der Waals surface area contributed by atoms with Gasteiger partial charge in [0.1, 0.15) is 5.76 Å². The lowest BCUT2D eigenvalue weighted by Crippen LogP contribution is -2.34. The molecule has 0 bridgehead atoms. The normalized spacial score (nSPS) is 12.3. The van der Waals surface area contributed by atoms with Crippen LogP contribution in [0.2, 0.25) is 0 Å². The van der Waals surface area contributed by atoms with Crippen LogP contribution in [0.4, 0.5) is 0 Å². The van der Waals surface area contributed by atoms with Crippen LogP contribution in [0.1, 0.15) is 35.2 Å². The quantitative estimate of drug-likeness (QED) is 0.641. The summed E-state index contributed by atoms with van der Waals surface area (Å²) in [5.41, 5.74) is 3.45.